The third kappa shape index (κ3) is 4.71. The van der Waals surface area contributed by atoms with Crippen LogP contribution in [0.15, 0.2) is 58.2 Å². The number of aryl methyl sites for hydroxylation is 1. The largest absolute Gasteiger partial charge is 0.435 e. The standard InChI is InChI=1S/C19H16F2N2O3S/c1-11-5-3-4-6-15(11)17-22-23-19(26-17)27-12(2)16(24)13-7-9-14(10-8-13)25-18(20)21/h3-10,12,18H,1-2H3/t12-/m1/s1. The zero-order valence-electron chi connectivity index (χ0n) is 14.6. The topological polar surface area (TPSA) is 65.2 Å². The average Bonchev–Trinajstić information content (AvgIpc) is 3.10. The molecule has 1 atom stereocenters. The molecule has 0 amide bonds. The smallest absolute Gasteiger partial charge is 0.387 e. The van der Waals surface area contributed by atoms with Gasteiger partial charge in [-0.05, 0) is 49.7 Å². The van der Waals surface area contributed by atoms with Crippen LogP contribution >= 0.6 is 11.8 Å². The highest BCUT2D eigenvalue weighted by Crippen LogP contribution is 2.29. The molecule has 140 valence electrons. The molecule has 0 aliphatic carbocycles. The van der Waals surface area contributed by atoms with E-state index < -0.39 is 11.9 Å². The van der Waals surface area contributed by atoms with Crippen LogP contribution in [0.2, 0.25) is 0 Å². The van der Waals surface area contributed by atoms with Crippen LogP contribution in [0.1, 0.15) is 22.8 Å². The molecule has 2 aromatic carbocycles. The van der Waals surface area contributed by atoms with E-state index in [2.05, 4.69) is 14.9 Å². The Balaban J connectivity index is 1.67. The van der Waals surface area contributed by atoms with Gasteiger partial charge in [0.2, 0.25) is 5.89 Å². The van der Waals surface area contributed by atoms with Gasteiger partial charge in [-0.2, -0.15) is 8.78 Å². The maximum Gasteiger partial charge on any atom is 0.387 e. The summed E-state index contributed by atoms with van der Waals surface area (Å²) in [5, 5.41) is 7.82. The molecule has 0 fully saturated rings. The van der Waals surface area contributed by atoms with Crippen LogP contribution in [0.5, 0.6) is 5.75 Å². The molecule has 0 saturated heterocycles. The molecule has 0 saturated carbocycles. The van der Waals surface area contributed by atoms with Crippen LogP contribution in [0.4, 0.5) is 8.78 Å². The highest BCUT2D eigenvalue weighted by molar-refractivity contribution is 8.00. The maximum atomic E-state index is 12.5. The van der Waals surface area contributed by atoms with Crippen LogP contribution in [0.3, 0.4) is 0 Å². The summed E-state index contributed by atoms with van der Waals surface area (Å²) < 4.78 is 34.3. The third-order valence-electron chi connectivity index (χ3n) is 3.79. The lowest BCUT2D eigenvalue weighted by Crippen LogP contribution is -2.13. The van der Waals surface area contributed by atoms with Gasteiger partial charge in [0.1, 0.15) is 5.75 Å². The van der Waals surface area contributed by atoms with E-state index in [9.17, 15) is 13.6 Å². The number of hydrogen-bond acceptors (Lipinski definition) is 6. The van der Waals surface area contributed by atoms with Crippen molar-refractivity contribution in [1.29, 1.82) is 0 Å². The van der Waals surface area contributed by atoms with E-state index in [1.54, 1.807) is 6.92 Å². The SMILES string of the molecule is Cc1ccccc1-c1nnc(S[C@H](C)C(=O)c2ccc(OC(F)F)cc2)o1. The zero-order valence-corrected chi connectivity index (χ0v) is 15.4. The quantitative estimate of drug-likeness (QED) is 0.417. The van der Waals surface area contributed by atoms with Crippen molar-refractivity contribution in [3.8, 4) is 17.2 Å². The minimum atomic E-state index is -2.90. The van der Waals surface area contributed by atoms with Crippen LogP contribution < -0.4 is 4.74 Å². The predicted molar refractivity (Wildman–Crippen MR) is 97.2 cm³/mol. The summed E-state index contributed by atoms with van der Waals surface area (Å²) in [6.45, 7) is 0.759. The van der Waals surface area contributed by atoms with Crippen molar-refractivity contribution in [3.05, 3.63) is 59.7 Å². The first kappa shape index (κ1) is 19.0. The van der Waals surface area contributed by atoms with Gasteiger partial charge in [0.05, 0.1) is 5.25 Å². The van der Waals surface area contributed by atoms with Gasteiger partial charge in [-0.15, -0.1) is 10.2 Å². The van der Waals surface area contributed by atoms with Crippen LogP contribution in [-0.4, -0.2) is 27.8 Å². The van der Waals surface area contributed by atoms with Crippen molar-refractivity contribution in [1.82, 2.24) is 10.2 Å². The zero-order chi connectivity index (χ0) is 19.4. The predicted octanol–water partition coefficient (Wildman–Crippen LogP) is 5.01. The van der Waals surface area contributed by atoms with Crippen LogP contribution in [0.25, 0.3) is 11.5 Å². The Labute approximate surface area is 158 Å². The molecule has 27 heavy (non-hydrogen) atoms. The fraction of sp³-hybridized carbons (Fsp3) is 0.211. The highest BCUT2D eigenvalue weighted by Gasteiger charge is 2.20. The Morgan fingerprint density at radius 1 is 1.11 bits per heavy atom. The summed E-state index contributed by atoms with van der Waals surface area (Å²) in [6, 6.07) is 13.2. The van der Waals surface area contributed by atoms with Crippen molar-refractivity contribution in [2.24, 2.45) is 0 Å². The van der Waals surface area contributed by atoms with E-state index >= 15 is 0 Å². The Kier molecular flexibility index (Phi) is 5.85. The van der Waals surface area contributed by atoms with Crippen molar-refractivity contribution >= 4 is 17.5 Å². The number of aromatic nitrogens is 2. The van der Waals surface area contributed by atoms with E-state index in [0.29, 0.717) is 11.5 Å². The molecule has 1 heterocycles. The number of rotatable bonds is 7. The normalized spacial score (nSPS) is 12.2. The Morgan fingerprint density at radius 2 is 1.81 bits per heavy atom. The summed E-state index contributed by atoms with van der Waals surface area (Å²) >= 11 is 1.14. The van der Waals surface area contributed by atoms with Crippen LogP contribution in [0, 0.1) is 6.92 Å². The van der Waals surface area contributed by atoms with E-state index in [1.165, 1.54) is 24.3 Å². The minimum Gasteiger partial charge on any atom is -0.435 e. The van der Waals surface area contributed by atoms with Crippen molar-refractivity contribution in [3.63, 3.8) is 0 Å². The molecule has 0 N–H and O–H groups in total. The van der Waals surface area contributed by atoms with Crippen molar-refractivity contribution < 1.29 is 22.7 Å². The molecular weight excluding hydrogens is 374 g/mol. The first-order valence-corrected chi connectivity index (χ1v) is 8.97. The van der Waals surface area contributed by atoms with Gasteiger partial charge in [0.15, 0.2) is 5.78 Å². The molecule has 8 heteroatoms. The second kappa shape index (κ2) is 8.30. The Hall–Kier alpha value is -2.74. The first-order chi connectivity index (χ1) is 12.9. The molecule has 0 spiro atoms. The second-order valence-electron chi connectivity index (χ2n) is 5.72. The Morgan fingerprint density at radius 3 is 2.48 bits per heavy atom. The van der Waals surface area contributed by atoms with Gasteiger partial charge >= 0.3 is 6.61 Å². The average molecular weight is 390 g/mol. The number of hydrogen-bond donors (Lipinski definition) is 0. The number of alkyl halides is 2. The monoisotopic (exact) mass is 390 g/mol. The molecule has 0 bridgehead atoms. The fourth-order valence-electron chi connectivity index (χ4n) is 2.42. The van der Waals surface area contributed by atoms with E-state index in [4.69, 9.17) is 4.42 Å². The second-order valence-corrected chi connectivity index (χ2v) is 7.01. The highest BCUT2D eigenvalue weighted by atomic mass is 32.2. The number of carbonyl (C=O) groups excluding carboxylic acids is 1. The number of thioether (sulfide) groups is 1. The number of ether oxygens (including phenoxy) is 1. The summed E-state index contributed by atoms with van der Waals surface area (Å²) in [5.41, 5.74) is 2.23. The molecule has 5 nitrogen and oxygen atoms in total. The van der Waals surface area contributed by atoms with E-state index in [0.717, 1.165) is 22.9 Å². The number of nitrogens with zero attached hydrogens (tertiary/aromatic N) is 2. The number of halogens is 2. The molecule has 0 aliphatic rings. The molecular formula is C19H16F2N2O3S. The first-order valence-electron chi connectivity index (χ1n) is 8.09. The molecule has 3 rings (SSSR count). The molecule has 0 radical (unpaired) electrons. The van der Waals surface area contributed by atoms with Gasteiger partial charge in [-0.25, -0.2) is 0 Å². The molecule has 0 unspecified atom stereocenters. The van der Waals surface area contributed by atoms with Gasteiger partial charge in [-0.3, -0.25) is 4.79 Å². The number of Topliss-reactive ketones (excluding diaryl/α,β-unsaturated/α-hetero) is 1. The number of carbonyl (C=O) groups is 1. The molecule has 3 aromatic rings. The van der Waals surface area contributed by atoms with Gasteiger partial charge in [0, 0.05) is 11.1 Å². The third-order valence-corrected chi connectivity index (χ3v) is 4.73. The maximum absolute atomic E-state index is 12.5. The summed E-state index contributed by atoms with van der Waals surface area (Å²) in [5.74, 6) is 0.213. The summed E-state index contributed by atoms with van der Waals surface area (Å²) in [6.07, 6.45) is 0. The van der Waals surface area contributed by atoms with Crippen molar-refractivity contribution in [2.75, 3.05) is 0 Å². The van der Waals surface area contributed by atoms with Gasteiger partial charge in [0.25, 0.3) is 5.22 Å². The minimum absolute atomic E-state index is 0.00151. The fourth-order valence-corrected chi connectivity index (χ4v) is 3.18. The summed E-state index contributed by atoms with van der Waals surface area (Å²) in [7, 11) is 0. The number of benzene rings is 2. The molecule has 1 aromatic heterocycles. The lowest BCUT2D eigenvalue weighted by Gasteiger charge is -2.09. The molecule has 0 aliphatic heterocycles. The van der Waals surface area contributed by atoms with E-state index in [-0.39, 0.29) is 16.8 Å². The van der Waals surface area contributed by atoms with E-state index in [1.807, 2.05) is 31.2 Å². The van der Waals surface area contributed by atoms with Gasteiger partial charge < -0.3 is 9.15 Å². The summed E-state index contributed by atoms with van der Waals surface area (Å²) in [4.78, 5) is 12.5. The lowest BCUT2D eigenvalue weighted by molar-refractivity contribution is -0.0498. The number of ketones is 1. The van der Waals surface area contributed by atoms with Crippen molar-refractivity contribution in [2.45, 2.75) is 30.9 Å². The van der Waals surface area contributed by atoms with Gasteiger partial charge in [-0.1, -0.05) is 30.0 Å². The van der Waals surface area contributed by atoms with Crippen LogP contribution in [-0.2, 0) is 0 Å². The Bertz CT molecular complexity index is 929. The lowest BCUT2D eigenvalue weighted by atomic mass is 10.1.